The Balaban J connectivity index is 1.35. The average molecular weight is 615 g/mol. The van der Waals surface area contributed by atoms with Crippen LogP contribution in [0.3, 0.4) is 0 Å². The Morgan fingerprint density at radius 2 is 1.13 bits per heavy atom. The van der Waals surface area contributed by atoms with Crippen LogP contribution in [0.15, 0.2) is 143 Å². The fraction of sp³-hybridized carbons (Fsp3) is 0. The van der Waals surface area contributed by atoms with E-state index in [0.717, 1.165) is 32.9 Å². The maximum atomic E-state index is 13.8. The second-order valence-electron chi connectivity index (χ2n) is 11.5. The van der Waals surface area contributed by atoms with Crippen molar-refractivity contribution >= 4 is 73.9 Å². The van der Waals surface area contributed by atoms with Gasteiger partial charge in [-0.15, -0.1) is 11.3 Å². The molecule has 10 rings (SSSR count). The highest BCUT2D eigenvalue weighted by atomic mass is 32.2. The summed E-state index contributed by atoms with van der Waals surface area (Å²) in [4.78, 5) is 5.78. The van der Waals surface area contributed by atoms with Gasteiger partial charge in [0.05, 0.1) is 26.5 Å². The van der Waals surface area contributed by atoms with E-state index in [2.05, 4.69) is 95.6 Å². The van der Waals surface area contributed by atoms with Crippen LogP contribution in [0, 0.1) is 0 Å². The van der Waals surface area contributed by atoms with E-state index in [4.69, 9.17) is 4.98 Å². The normalized spacial score (nSPS) is 13.7. The Labute approximate surface area is 262 Å². The second-order valence-corrected chi connectivity index (χ2v) is 14.5. The van der Waals surface area contributed by atoms with E-state index in [1.807, 2.05) is 29.5 Å². The van der Waals surface area contributed by atoms with Crippen molar-refractivity contribution in [1.82, 2.24) is 9.55 Å². The number of aromatic nitrogens is 2. The largest absolute Gasteiger partial charge is 0.290 e. The molecule has 0 saturated heterocycles. The topological polar surface area (TPSA) is 52.0 Å². The number of thiophene rings is 1. The van der Waals surface area contributed by atoms with Crippen LogP contribution in [-0.4, -0.2) is 18.0 Å². The molecule has 0 N–H and O–H groups in total. The van der Waals surface area contributed by atoms with Crippen molar-refractivity contribution in [2.45, 2.75) is 9.79 Å². The van der Waals surface area contributed by atoms with Gasteiger partial charge in [-0.1, -0.05) is 97.1 Å². The summed E-state index contributed by atoms with van der Waals surface area (Å²) in [6.07, 6.45) is 0. The average Bonchev–Trinajstić information content (AvgIpc) is 3.64. The highest BCUT2D eigenvalue weighted by molar-refractivity contribution is 7.92. The SMILES string of the molecule is O=S1(=O)c2ccccc2-n2c(-c3c4ccccc4c(-c4ccc5c(c4)sc4ccccc45)c4ccccc34)nc3cccc1c32. The Kier molecular flexibility index (Phi) is 4.95. The van der Waals surface area contributed by atoms with Gasteiger partial charge in [-0.05, 0) is 69.1 Å². The molecule has 212 valence electrons. The van der Waals surface area contributed by atoms with Gasteiger partial charge in [0.2, 0.25) is 9.84 Å². The van der Waals surface area contributed by atoms with E-state index in [-0.39, 0.29) is 0 Å². The highest BCUT2D eigenvalue weighted by Crippen LogP contribution is 2.48. The van der Waals surface area contributed by atoms with Gasteiger partial charge in [0.15, 0.2) is 0 Å². The number of fused-ring (bicyclic) bond motifs is 7. The summed E-state index contributed by atoms with van der Waals surface area (Å²) in [5.41, 5.74) is 5.25. The van der Waals surface area contributed by atoms with Gasteiger partial charge in [0.1, 0.15) is 5.82 Å². The molecule has 6 heteroatoms. The van der Waals surface area contributed by atoms with Crippen LogP contribution in [0.1, 0.15) is 0 Å². The Morgan fingerprint density at radius 3 is 1.89 bits per heavy atom. The van der Waals surface area contributed by atoms with E-state index in [1.54, 1.807) is 24.3 Å². The van der Waals surface area contributed by atoms with Crippen LogP contribution in [0.4, 0.5) is 0 Å². The summed E-state index contributed by atoms with van der Waals surface area (Å²) in [5, 5.41) is 6.96. The lowest BCUT2D eigenvalue weighted by Crippen LogP contribution is -2.15. The van der Waals surface area contributed by atoms with Crippen molar-refractivity contribution < 1.29 is 8.42 Å². The highest BCUT2D eigenvalue weighted by Gasteiger charge is 2.34. The predicted octanol–water partition coefficient (Wildman–Crippen LogP) is 10.2. The van der Waals surface area contributed by atoms with Crippen LogP contribution in [0.5, 0.6) is 0 Å². The first-order valence-corrected chi connectivity index (χ1v) is 17.1. The van der Waals surface area contributed by atoms with Crippen molar-refractivity contribution in [3.63, 3.8) is 0 Å². The molecule has 0 aliphatic carbocycles. The van der Waals surface area contributed by atoms with Crippen molar-refractivity contribution in [3.05, 3.63) is 133 Å². The molecule has 3 heterocycles. The van der Waals surface area contributed by atoms with E-state index < -0.39 is 9.84 Å². The number of sulfone groups is 1. The number of hydrogen-bond donors (Lipinski definition) is 0. The molecule has 4 nitrogen and oxygen atoms in total. The Hall–Kier alpha value is -5.30. The summed E-state index contributed by atoms with van der Waals surface area (Å²) in [5.74, 6) is 0.735. The number of hydrogen-bond acceptors (Lipinski definition) is 4. The minimum atomic E-state index is -3.69. The summed E-state index contributed by atoms with van der Waals surface area (Å²) in [6, 6.07) is 45.1. The molecule has 1 aliphatic rings. The molecule has 0 bridgehead atoms. The summed E-state index contributed by atoms with van der Waals surface area (Å²) < 4.78 is 32.1. The molecule has 0 amide bonds. The maximum Gasteiger partial charge on any atom is 0.210 e. The first kappa shape index (κ1) is 25.1. The van der Waals surface area contributed by atoms with Crippen molar-refractivity contribution in [1.29, 1.82) is 0 Å². The lowest BCUT2D eigenvalue weighted by molar-refractivity contribution is 0.594. The van der Waals surface area contributed by atoms with Gasteiger partial charge in [-0.25, -0.2) is 13.4 Å². The van der Waals surface area contributed by atoms with Gasteiger partial charge < -0.3 is 0 Å². The maximum absolute atomic E-state index is 13.8. The monoisotopic (exact) mass is 614 g/mol. The summed E-state index contributed by atoms with van der Waals surface area (Å²) >= 11 is 1.83. The second kappa shape index (κ2) is 8.88. The minimum Gasteiger partial charge on any atom is -0.290 e. The van der Waals surface area contributed by atoms with Crippen LogP contribution >= 0.6 is 11.3 Å². The molecule has 7 aromatic carbocycles. The molecule has 45 heavy (non-hydrogen) atoms. The third-order valence-electron chi connectivity index (χ3n) is 9.15. The minimum absolute atomic E-state index is 0.291. The Bertz CT molecular complexity index is 2790. The molecule has 0 spiro atoms. The molecule has 1 aliphatic heterocycles. The van der Waals surface area contributed by atoms with E-state index >= 15 is 0 Å². The zero-order chi connectivity index (χ0) is 29.9. The fourth-order valence-electron chi connectivity index (χ4n) is 7.26. The molecule has 0 unspecified atom stereocenters. The fourth-order valence-corrected chi connectivity index (χ4v) is 10.0. The standard InChI is InChI=1S/C39H22N2O2S2/c42-45(43)34-18-8-6-16-31(34)41-38-30(15-9-19-35(38)45)40-39(41)37-28-13-3-1-11-26(28)36(27-12-2-4-14-29(27)37)23-20-21-25-24-10-5-7-17-32(24)44-33(25)22-23/h1-22H. The smallest absolute Gasteiger partial charge is 0.210 e. The van der Waals surface area contributed by atoms with Gasteiger partial charge in [0, 0.05) is 25.7 Å². The number of benzene rings is 7. The zero-order valence-electron chi connectivity index (χ0n) is 23.7. The van der Waals surface area contributed by atoms with Gasteiger partial charge in [-0.2, -0.15) is 0 Å². The van der Waals surface area contributed by atoms with E-state index in [9.17, 15) is 8.42 Å². The Morgan fingerprint density at radius 1 is 0.533 bits per heavy atom. The van der Waals surface area contributed by atoms with Crippen LogP contribution < -0.4 is 0 Å². The zero-order valence-corrected chi connectivity index (χ0v) is 25.4. The van der Waals surface area contributed by atoms with Crippen LogP contribution in [-0.2, 0) is 9.84 Å². The summed E-state index contributed by atoms with van der Waals surface area (Å²) in [6.45, 7) is 0. The molecule has 0 saturated carbocycles. The van der Waals surface area contributed by atoms with Crippen molar-refractivity contribution in [3.8, 4) is 28.2 Å². The molecule has 0 atom stereocenters. The van der Waals surface area contributed by atoms with E-state index in [1.165, 1.54) is 31.3 Å². The lowest BCUT2D eigenvalue weighted by atomic mass is 9.88. The predicted molar refractivity (Wildman–Crippen MR) is 185 cm³/mol. The van der Waals surface area contributed by atoms with Gasteiger partial charge >= 0.3 is 0 Å². The first-order chi connectivity index (χ1) is 22.1. The quantitative estimate of drug-likeness (QED) is 0.182. The summed E-state index contributed by atoms with van der Waals surface area (Å²) in [7, 11) is -3.69. The van der Waals surface area contributed by atoms with E-state index in [0.29, 0.717) is 26.5 Å². The third kappa shape index (κ3) is 3.30. The first-order valence-electron chi connectivity index (χ1n) is 14.8. The van der Waals surface area contributed by atoms with Crippen LogP contribution in [0.25, 0.3) is 81.0 Å². The number of nitrogens with zero attached hydrogens (tertiary/aromatic N) is 2. The molecule has 0 fully saturated rings. The van der Waals surface area contributed by atoms with Crippen molar-refractivity contribution in [2.75, 3.05) is 0 Å². The van der Waals surface area contributed by atoms with Crippen molar-refractivity contribution in [2.24, 2.45) is 0 Å². The van der Waals surface area contributed by atoms with Gasteiger partial charge in [0.25, 0.3) is 0 Å². The third-order valence-corrected chi connectivity index (χ3v) is 12.1. The molecule has 9 aromatic rings. The van der Waals surface area contributed by atoms with Gasteiger partial charge in [-0.3, -0.25) is 4.57 Å². The number of rotatable bonds is 2. The number of imidazole rings is 1. The molecule has 2 aromatic heterocycles. The lowest BCUT2D eigenvalue weighted by Gasteiger charge is -2.22. The molecular formula is C39H22N2O2S2. The molecule has 0 radical (unpaired) electrons. The molecular weight excluding hydrogens is 593 g/mol. The number of para-hydroxylation sites is 2. The van der Waals surface area contributed by atoms with Crippen LogP contribution in [0.2, 0.25) is 0 Å².